The van der Waals surface area contributed by atoms with Crippen LogP contribution in [-0.4, -0.2) is 30.8 Å². The van der Waals surface area contributed by atoms with E-state index < -0.39 is 21.7 Å². The molecule has 1 aromatic heterocycles. The van der Waals surface area contributed by atoms with E-state index in [-0.39, 0.29) is 17.0 Å². The molecule has 0 aliphatic heterocycles. The molecular formula is C19H19FN4O3S. The number of nitrogens with two attached hydrogens (primary N) is 1. The van der Waals surface area contributed by atoms with Gasteiger partial charge in [0.25, 0.3) is 5.91 Å². The molecule has 146 valence electrons. The average Bonchev–Trinajstić information content (AvgIpc) is 2.62. The molecule has 3 N–H and O–H groups in total. The number of primary sulfonamides is 1. The van der Waals surface area contributed by atoms with E-state index in [1.54, 1.807) is 26.0 Å². The molecule has 0 aliphatic carbocycles. The van der Waals surface area contributed by atoms with Crippen LogP contribution in [0.2, 0.25) is 0 Å². The Morgan fingerprint density at radius 2 is 1.75 bits per heavy atom. The summed E-state index contributed by atoms with van der Waals surface area (Å²) >= 11 is 0. The molecule has 7 nitrogen and oxygen atoms in total. The van der Waals surface area contributed by atoms with Gasteiger partial charge in [-0.05, 0) is 44.0 Å². The third-order valence-electron chi connectivity index (χ3n) is 4.34. The van der Waals surface area contributed by atoms with Crippen LogP contribution in [0.4, 0.5) is 4.39 Å². The summed E-state index contributed by atoms with van der Waals surface area (Å²) in [6.07, 6.45) is 0.466. The molecule has 0 atom stereocenters. The maximum Gasteiger partial charge on any atom is 0.253 e. The first-order chi connectivity index (χ1) is 13.1. The van der Waals surface area contributed by atoms with Gasteiger partial charge in [-0.25, -0.2) is 27.9 Å². The van der Waals surface area contributed by atoms with Gasteiger partial charge in [0, 0.05) is 12.6 Å². The number of carbonyl (C=O) groups excluding carboxylic acids is 1. The summed E-state index contributed by atoms with van der Waals surface area (Å²) in [4.78, 5) is 21.2. The number of hydrogen-bond acceptors (Lipinski definition) is 5. The lowest BCUT2D eigenvalue weighted by Crippen LogP contribution is -2.26. The second-order valence-corrected chi connectivity index (χ2v) is 7.97. The molecule has 3 rings (SSSR count). The van der Waals surface area contributed by atoms with E-state index in [2.05, 4.69) is 15.3 Å². The third-order valence-corrected chi connectivity index (χ3v) is 5.27. The summed E-state index contributed by atoms with van der Waals surface area (Å²) in [5, 5.41) is 7.79. The van der Waals surface area contributed by atoms with Crippen LogP contribution in [-0.2, 0) is 16.4 Å². The Morgan fingerprint density at radius 3 is 2.39 bits per heavy atom. The first-order valence-corrected chi connectivity index (χ1v) is 10.0. The third kappa shape index (κ3) is 4.32. The van der Waals surface area contributed by atoms with Crippen LogP contribution in [0.3, 0.4) is 0 Å². The summed E-state index contributed by atoms with van der Waals surface area (Å²) in [5.41, 5.74) is 2.96. The fraction of sp³-hybridized carbons (Fsp3) is 0.211. The minimum Gasteiger partial charge on any atom is -0.352 e. The Hall–Kier alpha value is -2.91. The number of hydrogen-bond donors (Lipinski definition) is 2. The molecule has 0 bridgehead atoms. The number of sulfonamides is 1. The molecule has 3 aromatic rings. The monoisotopic (exact) mass is 402 g/mol. The van der Waals surface area contributed by atoms with Crippen LogP contribution in [0.25, 0.3) is 11.0 Å². The fourth-order valence-electron chi connectivity index (χ4n) is 2.73. The normalized spacial score (nSPS) is 11.6. The fourth-order valence-corrected chi connectivity index (χ4v) is 3.25. The molecule has 2 aromatic carbocycles. The summed E-state index contributed by atoms with van der Waals surface area (Å²) in [6.45, 7) is 3.83. The number of amides is 1. The van der Waals surface area contributed by atoms with Crippen molar-refractivity contribution in [3.63, 3.8) is 0 Å². The zero-order chi connectivity index (χ0) is 20.5. The Kier molecular flexibility index (Phi) is 5.39. The van der Waals surface area contributed by atoms with Gasteiger partial charge in [0.15, 0.2) is 0 Å². The van der Waals surface area contributed by atoms with E-state index in [1.165, 1.54) is 18.2 Å². The van der Waals surface area contributed by atoms with Crippen molar-refractivity contribution in [3.8, 4) is 0 Å². The van der Waals surface area contributed by atoms with Gasteiger partial charge in [0.1, 0.15) is 11.3 Å². The largest absolute Gasteiger partial charge is 0.352 e. The maximum atomic E-state index is 13.9. The van der Waals surface area contributed by atoms with Crippen molar-refractivity contribution >= 4 is 27.0 Å². The van der Waals surface area contributed by atoms with E-state index in [4.69, 9.17) is 5.14 Å². The summed E-state index contributed by atoms with van der Waals surface area (Å²) in [6, 6.07) is 8.46. The predicted octanol–water partition coefficient (Wildman–Crippen LogP) is 2.01. The minimum absolute atomic E-state index is 0.0238. The number of nitrogens with one attached hydrogen (secondary N) is 1. The van der Waals surface area contributed by atoms with E-state index in [9.17, 15) is 17.6 Å². The highest BCUT2D eigenvalue weighted by Crippen LogP contribution is 2.19. The van der Waals surface area contributed by atoms with Crippen molar-refractivity contribution in [1.29, 1.82) is 0 Å². The number of carbonyl (C=O) groups is 1. The van der Waals surface area contributed by atoms with Crippen molar-refractivity contribution < 1.29 is 17.6 Å². The van der Waals surface area contributed by atoms with E-state index in [0.717, 1.165) is 11.6 Å². The smallest absolute Gasteiger partial charge is 0.253 e. The number of aryl methyl sites for hydroxylation is 2. The standard InChI is InChI=1S/C19H19FN4O3S/c1-11-12(2)24-18-16(9-14(20)10-17(18)23-11)19(25)22-8-7-13-3-5-15(6-4-13)28(21,26)27/h3-6,9-10H,7-8H2,1-2H3,(H,22,25)(H2,21,26,27). The van der Waals surface area contributed by atoms with Gasteiger partial charge in [-0.1, -0.05) is 12.1 Å². The molecule has 0 spiro atoms. The summed E-state index contributed by atoms with van der Waals surface area (Å²) in [7, 11) is -3.74. The highest BCUT2D eigenvalue weighted by atomic mass is 32.2. The molecular weight excluding hydrogens is 383 g/mol. The molecule has 0 fully saturated rings. The van der Waals surface area contributed by atoms with Gasteiger partial charge in [0.2, 0.25) is 10.0 Å². The Bertz CT molecular complexity index is 1160. The van der Waals surface area contributed by atoms with Gasteiger partial charge in [0.05, 0.1) is 27.4 Å². The average molecular weight is 402 g/mol. The number of nitrogens with zero attached hydrogens (tertiary/aromatic N) is 2. The molecule has 28 heavy (non-hydrogen) atoms. The van der Waals surface area contributed by atoms with Crippen molar-refractivity contribution in [1.82, 2.24) is 15.3 Å². The maximum absolute atomic E-state index is 13.9. The molecule has 0 saturated carbocycles. The van der Waals surface area contributed by atoms with Gasteiger partial charge in [-0.15, -0.1) is 0 Å². The Morgan fingerprint density at radius 1 is 1.11 bits per heavy atom. The quantitative estimate of drug-likeness (QED) is 0.677. The SMILES string of the molecule is Cc1nc2cc(F)cc(C(=O)NCCc3ccc(S(N)(=O)=O)cc3)c2nc1C. The van der Waals surface area contributed by atoms with Crippen molar-refractivity contribution in [2.45, 2.75) is 25.2 Å². The summed E-state index contributed by atoms with van der Waals surface area (Å²) < 4.78 is 36.4. The molecule has 0 radical (unpaired) electrons. The van der Waals surface area contributed by atoms with E-state index in [0.29, 0.717) is 28.8 Å². The molecule has 1 heterocycles. The lowest BCUT2D eigenvalue weighted by molar-refractivity contribution is 0.0955. The number of benzene rings is 2. The second kappa shape index (κ2) is 7.61. The number of fused-ring (bicyclic) bond motifs is 1. The number of halogens is 1. The van der Waals surface area contributed by atoms with Gasteiger partial charge in [-0.2, -0.15) is 0 Å². The van der Waals surface area contributed by atoms with E-state index >= 15 is 0 Å². The first-order valence-electron chi connectivity index (χ1n) is 8.49. The summed E-state index contributed by atoms with van der Waals surface area (Å²) in [5.74, 6) is -1.02. The first kappa shape index (κ1) is 19.8. The van der Waals surface area contributed by atoms with Crippen LogP contribution in [0, 0.1) is 19.7 Å². The van der Waals surface area contributed by atoms with Crippen LogP contribution in [0.1, 0.15) is 27.3 Å². The Labute approximate surface area is 161 Å². The van der Waals surface area contributed by atoms with Crippen LogP contribution < -0.4 is 10.5 Å². The van der Waals surface area contributed by atoms with Gasteiger partial charge >= 0.3 is 0 Å². The van der Waals surface area contributed by atoms with E-state index in [1.807, 2.05) is 0 Å². The van der Waals surface area contributed by atoms with Crippen LogP contribution >= 0.6 is 0 Å². The molecule has 0 unspecified atom stereocenters. The molecule has 1 amide bonds. The Balaban J connectivity index is 1.74. The van der Waals surface area contributed by atoms with Crippen molar-refractivity contribution in [3.05, 3.63) is 64.7 Å². The highest BCUT2D eigenvalue weighted by Gasteiger charge is 2.15. The van der Waals surface area contributed by atoms with Gasteiger partial charge < -0.3 is 5.32 Å². The number of rotatable bonds is 5. The van der Waals surface area contributed by atoms with Gasteiger partial charge in [-0.3, -0.25) is 4.79 Å². The predicted molar refractivity (Wildman–Crippen MR) is 103 cm³/mol. The zero-order valence-electron chi connectivity index (χ0n) is 15.4. The molecule has 9 heteroatoms. The zero-order valence-corrected chi connectivity index (χ0v) is 16.2. The molecule has 0 aliphatic rings. The topological polar surface area (TPSA) is 115 Å². The second-order valence-electron chi connectivity index (χ2n) is 6.41. The van der Waals surface area contributed by atoms with Crippen molar-refractivity contribution in [2.24, 2.45) is 5.14 Å². The lowest BCUT2D eigenvalue weighted by atomic mass is 10.1. The minimum atomic E-state index is -3.74. The van der Waals surface area contributed by atoms with Crippen LogP contribution in [0.15, 0.2) is 41.3 Å². The van der Waals surface area contributed by atoms with Crippen molar-refractivity contribution in [2.75, 3.05) is 6.54 Å². The number of aromatic nitrogens is 2. The molecule has 0 saturated heterocycles. The lowest BCUT2D eigenvalue weighted by Gasteiger charge is -2.10. The highest BCUT2D eigenvalue weighted by molar-refractivity contribution is 7.89. The van der Waals surface area contributed by atoms with Crippen LogP contribution in [0.5, 0.6) is 0 Å².